The number of hydrogen-bond donors (Lipinski definition) is 2. The topological polar surface area (TPSA) is 85.8 Å². The van der Waals surface area contributed by atoms with Gasteiger partial charge in [0.25, 0.3) is 0 Å². The van der Waals surface area contributed by atoms with E-state index < -0.39 is 0 Å². The molecule has 6 nitrogen and oxygen atoms in total. The predicted molar refractivity (Wildman–Crippen MR) is 53.8 cm³/mol. The molecular formula is C9H15N5O. The van der Waals surface area contributed by atoms with E-state index in [9.17, 15) is 4.79 Å². The van der Waals surface area contributed by atoms with Crippen molar-refractivity contribution in [3.63, 3.8) is 0 Å². The maximum Gasteiger partial charge on any atom is 0.234 e. The van der Waals surface area contributed by atoms with Gasteiger partial charge in [0.2, 0.25) is 5.91 Å². The summed E-state index contributed by atoms with van der Waals surface area (Å²) < 4.78 is 1.70. The molecule has 2 rings (SSSR count). The normalized spacial score (nSPS) is 17.6. The van der Waals surface area contributed by atoms with Crippen LogP contribution in [-0.4, -0.2) is 32.8 Å². The van der Waals surface area contributed by atoms with Crippen LogP contribution >= 0.6 is 0 Å². The largest absolute Gasteiger partial charge is 0.368 e. The molecule has 0 radical (unpaired) electrons. The molecule has 82 valence electrons. The predicted octanol–water partition coefficient (Wildman–Crippen LogP) is -0.726. The molecule has 1 heterocycles. The van der Waals surface area contributed by atoms with Crippen LogP contribution in [0.5, 0.6) is 0 Å². The van der Waals surface area contributed by atoms with Crippen LogP contribution in [0.2, 0.25) is 0 Å². The Bertz CT molecular complexity index is 319. The number of hydrogen-bond acceptors (Lipinski definition) is 4. The van der Waals surface area contributed by atoms with Gasteiger partial charge in [0, 0.05) is 12.6 Å². The van der Waals surface area contributed by atoms with Crippen molar-refractivity contribution in [3.8, 4) is 0 Å². The fourth-order valence-corrected chi connectivity index (χ4v) is 1.45. The fraction of sp³-hybridized carbons (Fsp3) is 0.667. The van der Waals surface area contributed by atoms with Gasteiger partial charge in [-0.2, -0.15) is 5.10 Å². The smallest absolute Gasteiger partial charge is 0.234 e. The van der Waals surface area contributed by atoms with Crippen LogP contribution in [0.4, 0.5) is 0 Å². The minimum absolute atomic E-state index is 0.248. The summed E-state index contributed by atoms with van der Waals surface area (Å²) in [5.41, 5.74) is 5.31. The van der Waals surface area contributed by atoms with Crippen molar-refractivity contribution in [2.45, 2.75) is 37.9 Å². The lowest BCUT2D eigenvalue weighted by Gasteiger charge is -2.14. The van der Waals surface area contributed by atoms with E-state index in [2.05, 4.69) is 15.4 Å². The minimum atomic E-state index is -0.290. The molecule has 1 unspecified atom stereocenters. The zero-order valence-electron chi connectivity index (χ0n) is 8.47. The zero-order valence-corrected chi connectivity index (χ0v) is 8.47. The number of aryl methyl sites for hydroxylation is 1. The second-order valence-corrected chi connectivity index (χ2v) is 3.84. The molecule has 0 saturated heterocycles. The summed E-state index contributed by atoms with van der Waals surface area (Å²) >= 11 is 0. The number of carbonyl (C=O) groups excluding carboxylic acids is 1. The molecule has 1 atom stereocenters. The van der Waals surface area contributed by atoms with E-state index in [0.717, 1.165) is 12.8 Å². The number of carbonyl (C=O) groups is 1. The molecule has 0 bridgehead atoms. The van der Waals surface area contributed by atoms with Gasteiger partial charge in [-0.15, -0.1) is 0 Å². The summed E-state index contributed by atoms with van der Waals surface area (Å²) in [6.45, 7) is 0.660. The third kappa shape index (κ3) is 3.02. The average Bonchev–Trinajstić information content (AvgIpc) is 2.87. The van der Waals surface area contributed by atoms with Crippen LogP contribution in [-0.2, 0) is 11.3 Å². The molecule has 1 aliphatic carbocycles. The van der Waals surface area contributed by atoms with E-state index in [1.807, 2.05) is 0 Å². The first kappa shape index (κ1) is 10.1. The van der Waals surface area contributed by atoms with Gasteiger partial charge < -0.3 is 11.1 Å². The molecule has 1 aromatic rings. The van der Waals surface area contributed by atoms with Gasteiger partial charge in [-0.1, -0.05) is 0 Å². The molecule has 1 amide bonds. The molecule has 1 saturated carbocycles. The Hall–Kier alpha value is -1.43. The second kappa shape index (κ2) is 4.39. The van der Waals surface area contributed by atoms with Gasteiger partial charge in [0.15, 0.2) is 0 Å². The number of rotatable bonds is 6. The van der Waals surface area contributed by atoms with Crippen molar-refractivity contribution >= 4 is 5.91 Å². The van der Waals surface area contributed by atoms with Crippen molar-refractivity contribution in [1.82, 2.24) is 20.1 Å². The molecule has 1 fully saturated rings. The molecule has 0 aliphatic heterocycles. The van der Waals surface area contributed by atoms with Gasteiger partial charge in [0.1, 0.15) is 12.7 Å². The highest BCUT2D eigenvalue weighted by atomic mass is 16.1. The average molecular weight is 209 g/mol. The van der Waals surface area contributed by atoms with E-state index in [4.69, 9.17) is 5.73 Å². The lowest BCUT2D eigenvalue weighted by molar-refractivity contribution is -0.120. The molecule has 0 spiro atoms. The highest BCUT2D eigenvalue weighted by molar-refractivity contribution is 5.79. The summed E-state index contributed by atoms with van der Waals surface area (Å²) in [6, 6.07) is 0.236. The molecule has 6 heteroatoms. The Morgan fingerprint density at radius 2 is 2.47 bits per heavy atom. The number of nitrogens with two attached hydrogens (primary N) is 1. The van der Waals surface area contributed by atoms with Crippen LogP contribution in [0.3, 0.4) is 0 Å². The van der Waals surface area contributed by atoms with Gasteiger partial charge in [-0.25, -0.2) is 4.98 Å². The van der Waals surface area contributed by atoms with Crippen LogP contribution in [0.1, 0.15) is 19.3 Å². The third-order valence-corrected chi connectivity index (χ3v) is 2.47. The van der Waals surface area contributed by atoms with Crippen molar-refractivity contribution in [1.29, 1.82) is 0 Å². The lowest BCUT2D eigenvalue weighted by Crippen LogP contribution is -2.43. The van der Waals surface area contributed by atoms with E-state index in [1.54, 1.807) is 11.0 Å². The van der Waals surface area contributed by atoms with Crippen molar-refractivity contribution < 1.29 is 4.79 Å². The number of nitrogens with one attached hydrogen (secondary N) is 1. The monoisotopic (exact) mass is 209 g/mol. The lowest BCUT2D eigenvalue weighted by atomic mass is 10.2. The third-order valence-electron chi connectivity index (χ3n) is 2.47. The van der Waals surface area contributed by atoms with Gasteiger partial charge >= 0.3 is 0 Å². The van der Waals surface area contributed by atoms with E-state index in [1.165, 1.54) is 6.33 Å². The molecular weight excluding hydrogens is 194 g/mol. The SMILES string of the molecule is NC(=O)C(CCn1cncn1)NC1CC1. The first-order valence-corrected chi connectivity index (χ1v) is 5.13. The van der Waals surface area contributed by atoms with E-state index in [0.29, 0.717) is 19.0 Å². The molecule has 1 aromatic heterocycles. The minimum Gasteiger partial charge on any atom is -0.368 e. The molecule has 15 heavy (non-hydrogen) atoms. The zero-order chi connectivity index (χ0) is 10.7. The highest BCUT2D eigenvalue weighted by Gasteiger charge is 2.26. The first-order chi connectivity index (χ1) is 7.25. The van der Waals surface area contributed by atoms with Crippen molar-refractivity contribution in [2.24, 2.45) is 5.73 Å². The summed E-state index contributed by atoms with van der Waals surface area (Å²) in [7, 11) is 0. The number of aromatic nitrogens is 3. The van der Waals surface area contributed by atoms with Crippen LogP contribution in [0, 0.1) is 0 Å². The standard InChI is InChI=1S/C9H15N5O/c10-9(15)8(13-7-1-2-7)3-4-14-6-11-5-12-14/h5-8,13H,1-4H2,(H2,10,15). The van der Waals surface area contributed by atoms with Crippen LogP contribution in [0.15, 0.2) is 12.7 Å². The Morgan fingerprint density at radius 1 is 1.67 bits per heavy atom. The van der Waals surface area contributed by atoms with Gasteiger partial charge in [-0.05, 0) is 19.3 Å². The molecule has 0 aromatic carbocycles. The molecule has 3 N–H and O–H groups in total. The van der Waals surface area contributed by atoms with E-state index in [-0.39, 0.29) is 11.9 Å². The maximum absolute atomic E-state index is 11.1. The van der Waals surface area contributed by atoms with Gasteiger partial charge in [-0.3, -0.25) is 9.48 Å². The van der Waals surface area contributed by atoms with Crippen molar-refractivity contribution in [3.05, 3.63) is 12.7 Å². The summed E-state index contributed by atoms with van der Waals surface area (Å²) in [5, 5.41) is 7.18. The highest BCUT2D eigenvalue weighted by Crippen LogP contribution is 2.19. The Labute approximate surface area is 87.9 Å². The summed E-state index contributed by atoms with van der Waals surface area (Å²) in [4.78, 5) is 15.0. The van der Waals surface area contributed by atoms with Crippen LogP contribution in [0.25, 0.3) is 0 Å². The summed E-state index contributed by atoms with van der Waals surface area (Å²) in [6.07, 6.45) is 6.07. The summed E-state index contributed by atoms with van der Waals surface area (Å²) in [5.74, 6) is -0.290. The number of amides is 1. The van der Waals surface area contributed by atoms with Crippen LogP contribution < -0.4 is 11.1 Å². The van der Waals surface area contributed by atoms with Crippen molar-refractivity contribution in [2.75, 3.05) is 0 Å². The maximum atomic E-state index is 11.1. The van der Waals surface area contributed by atoms with E-state index >= 15 is 0 Å². The first-order valence-electron chi connectivity index (χ1n) is 5.13. The molecule has 1 aliphatic rings. The Kier molecular flexibility index (Phi) is 2.96. The fourth-order valence-electron chi connectivity index (χ4n) is 1.45. The Morgan fingerprint density at radius 3 is 3.00 bits per heavy atom. The Balaban J connectivity index is 1.80. The number of primary amides is 1. The quantitative estimate of drug-likeness (QED) is 0.647. The number of nitrogens with zero attached hydrogens (tertiary/aromatic N) is 3. The second-order valence-electron chi connectivity index (χ2n) is 3.84. The van der Waals surface area contributed by atoms with Gasteiger partial charge in [0.05, 0.1) is 6.04 Å².